The average molecular weight is 338 g/mol. The topological polar surface area (TPSA) is 23.5 Å². The van der Waals surface area contributed by atoms with Gasteiger partial charge >= 0.3 is 0 Å². The van der Waals surface area contributed by atoms with Crippen LogP contribution >= 0.6 is 15.9 Å². The molecule has 3 unspecified atom stereocenters. The predicted octanol–water partition coefficient (Wildman–Crippen LogP) is 4.87. The second-order valence-corrected chi connectivity index (χ2v) is 7.29. The van der Waals surface area contributed by atoms with E-state index in [1.54, 1.807) is 6.07 Å². The summed E-state index contributed by atoms with van der Waals surface area (Å²) >= 11 is 3.53. The van der Waals surface area contributed by atoms with Crippen LogP contribution in [0.4, 0.5) is 0 Å². The number of hydrogen-bond acceptors (Lipinski definition) is 2. The predicted molar refractivity (Wildman–Crippen MR) is 85.9 cm³/mol. The molecule has 1 heterocycles. The van der Waals surface area contributed by atoms with Gasteiger partial charge < -0.3 is 5.11 Å². The van der Waals surface area contributed by atoms with Crippen LogP contribution in [0.2, 0.25) is 0 Å². The Bertz CT molecular complexity index is 474. The van der Waals surface area contributed by atoms with Gasteiger partial charge in [-0.3, -0.25) is 4.90 Å². The number of fused-ring (bicyclic) bond motifs is 1. The molecule has 0 aromatic heterocycles. The Kier molecular flexibility index (Phi) is 4.37. The van der Waals surface area contributed by atoms with Crippen LogP contribution in [-0.4, -0.2) is 22.6 Å². The van der Waals surface area contributed by atoms with Crippen molar-refractivity contribution in [3.05, 3.63) is 28.2 Å². The number of nitrogens with zero attached hydrogens (tertiary/aromatic N) is 1. The molecule has 3 heteroatoms. The Morgan fingerprint density at radius 2 is 1.95 bits per heavy atom. The first-order valence-electron chi connectivity index (χ1n) is 7.91. The van der Waals surface area contributed by atoms with Crippen LogP contribution in [0.25, 0.3) is 0 Å². The molecule has 1 saturated carbocycles. The number of benzene rings is 1. The van der Waals surface area contributed by atoms with Crippen molar-refractivity contribution < 1.29 is 5.11 Å². The molecule has 2 nitrogen and oxygen atoms in total. The maximum absolute atomic E-state index is 10.2. The van der Waals surface area contributed by atoms with Crippen molar-refractivity contribution in [2.75, 3.05) is 6.54 Å². The van der Waals surface area contributed by atoms with Gasteiger partial charge in [0.25, 0.3) is 0 Å². The van der Waals surface area contributed by atoms with E-state index in [1.807, 2.05) is 6.07 Å². The van der Waals surface area contributed by atoms with Gasteiger partial charge in [-0.15, -0.1) is 0 Å². The second kappa shape index (κ2) is 6.07. The van der Waals surface area contributed by atoms with E-state index in [2.05, 4.69) is 33.8 Å². The summed E-state index contributed by atoms with van der Waals surface area (Å²) in [6.45, 7) is 3.42. The van der Waals surface area contributed by atoms with Gasteiger partial charge in [0.1, 0.15) is 5.75 Å². The van der Waals surface area contributed by atoms with Crippen LogP contribution < -0.4 is 0 Å². The third-order valence-electron chi connectivity index (χ3n) is 5.22. The SMILES string of the molecule is CC(c1cc(Br)ccc1O)N1CCCC2CCCCC21. The molecule has 1 aliphatic heterocycles. The number of hydrogen-bond donors (Lipinski definition) is 1. The summed E-state index contributed by atoms with van der Waals surface area (Å²) < 4.78 is 1.05. The molecule has 0 bridgehead atoms. The molecule has 3 atom stereocenters. The molecule has 0 amide bonds. The quantitative estimate of drug-likeness (QED) is 0.832. The van der Waals surface area contributed by atoms with Gasteiger partial charge in [0.15, 0.2) is 0 Å². The van der Waals surface area contributed by atoms with Gasteiger partial charge in [0.05, 0.1) is 0 Å². The van der Waals surface area contributed by atoms with Crippen LogP contribution in [0, 0.1) is 5.92 Å². The second-order valence-electron chi connectivity index (χ2n) is 6.37. The molecule has 1 N–H and O–H groups in total. The molecule has 2 fully saturated rings. The number of phenols is 1. The summed E-state index contributed by atoms with van der Waals surface area (Å²) in [5, 5.41) is 10.2. The van der Waals surface area contributed by atoms with Crippen LogP contribution in [-0.2, 0) is 0 Å². The van der Waals surface area contributed by atoms with E-state index in [-0.39, 0.29) is 0 Å². The van der Waals surface area contributed by atoms with Gasteiger partial charge in [-0.2, -0.15) is 0 Å². The van der Waals surface area contributed by atoms with E-state index < -0.39 is 0 Å². The van der Waals surface area contributed by atoms with E-state index >= 15 is 0 Å². The lowest BCUT2D eigenvalue weighted by atomic mass is 9.77. The summed E-state index contributed by atoms with van der Waals surface area (Å²) in [6, 6.07) is 6.82. The summed E-state index contributed by atoms with van der Waals surface area (Å²) in [5.41, 5.74) is 1.06. The molecule has 1 aromatic rings. The summed E-state index contributed by atoms with van der Waals surface area (Å²) in [7, 11) is 0. The molecule has 0 spiro atoms. The summed E-state index contributed by atoms with van der Waals surface area (Å²) in [5.74, 6) is 1.31. The van der Waals surface area contributed by atoms with Gasteiger partial charge in [-0.1, -0.05) is 28.8 Å². The van der Waals surface area contributed by atoms with Crippen molar-refractivity contribution in [1.82, 2.24) is 4.90 Å². The molecular weight excluding hydrogens is 314 g/mol. The van der Waals surface area contributed by atoms with Crippen LogP contribution in [0.5, 0.6) is 5.75 Å². The van der Waals surface area contributed by atoms with Crippen molar-refractivity contribution in [3.8, 4) is 5.75 Å². The Morgan fingerprint density at radius 1 is 1.20 bits per heavy atom. The first-order chi connectivity index (χ1) is 9.66. The van der Waals surface area contributed by atoms with E-state index in [0.717, 1.165) is 22.0 Å². The fraction of sp³-hybridized carbons (Fsp3) is 0.647. The van der Waals surface area contributed by atoms with Crippen molar-refractivity contribution >= 4 is 15.9 Å². The Balaban J connectivity index is 1.84. The van der Waals surface area contributed by atoms with Crippen molar-refractivity contribution in [1.29, 1.82) is 0 Å². The fourth-order valence-electron chi connectivity index (χ4n) is 4.18. The lowest BCUT2D eigenvalue weighted by Gasteiger charge is -2.47. The van der Waals surface area contributed by atoms with Crippen LogP contribution in [0.15, 0.2) is 22.7 Å². The van der Waals surface area contributed by atoms with Crippen LogP contribution in [0.1, 0.15) is 57.1 Å². The Hall–Kier alpha value is -0.540. The minimum Gasteiger partial charge on any atom is -0.508 e. The average Bonchev–Trinajstić information content (AvgIpc) is 2.48. The maximum atomic E-state index is 10.2. The van der Waals surface area contributed by atoms with Gasteiger partial charge in [-0.25, -0.2) is 0 Å². The molecule has 20 heavy (non-hydrogen) atoms. The molecule has 0 radical (unpaired) electrons. The van der Waals surface area contributed by atoms with Gasteiger partial charge in [0.2, 0.25) is 0 Å². The van der Waals surface area contributed by atoms with Crippen molar-refractivity contribution in [3.63, 3.8) is 0 Å². The largest absolute Gasteiger partial charge is 0.508 e. The fourth-order valence-corrected chi connectivity index (χ4v) is 4.56. The molecule has 1 saturated heterocycles. The highest BCUT2D eigenvalue weighted by Crippen LogP contribution is 2.41. The van der Waals surface area contributed by atoms with E-state index in [1.165, 1.54) is 45.1 Å². The molecule has 1 aromatic carbocycles. The highest BCUT2D eigenvalue weighted by Gasteiger charge is 2.36. The highest BCUT2D eigenvalue weighted by molar-refractivity contribution is 9.10. The monoisotopic (exact) mass is 337 g/mol. The van der Waals surface area contributed by atoms with E-state index in [4.69, 9.17) is 0 Å². The first-order valence-corrected chi connectivity index (χ1v) is 8.70. The van der Waals surface area contributed by atoms with E-state index in [9.17, 15) is 5.11 Å². The molecule has 1 aliphatic carbocycles. The van der Waals surface area contributed by atoms with Crippen molar-refractivity contribution in [2.45, 2.75) is 57.5 Å². The number of halogens is 1. The number of aromatic hydroxyl groups is 1. The Morgan fingerprint density at radius 3 is 2.80 bits per heavy atom. The zero-order valence-corrected chi connectivity index (χ0v) is 13.8. The van der Waals surface area contributed by atoms with E-state index in [0.29, 0.717) is 11.8 Å². The minimum absolute atomic E-state index is 0.304. The Labute approximate surface area is 130 Å². The van der Waals surface area contributed by atoms with Crippen LogP contribution in [0.3, 0.4) is 0 Å². The molecule has 110 valence electrons. The normalized spacial score (nSPS) is 28.9. The molecule has 3 rings (SSSR count). The summed E-state index contributed by atoms with van der Waals surface area (Å²) in [4.78, 5) is 2.65. The highest BCUT2D eigenvalue weighted by atomic mass is 79.9. The minimum atomic E-state index is 0.304. The zero-order valence-electron chi connectivity index (χ0n) is 12.2. The maximum Gasteiger partial charge on any atom is 0.120 e. The standard InChI is InChI=1S/C17H24BrNO/c1-12(15-11-14(18)8-9-17(15)20)19-10-4-6-13-5-2-3-7-16(13)19/h8-9,11-13,16,20H,2-7,10H2,1H3. The van der Waals surface area contributed by atoms with Gasteiger partial charge in [-0.05, 0) is 63.3 Å². The first kappa shape index (κ1) is 14.4. The molecule has 2 aliphatic rings. The summed E-state index contributed by atoms with van der Waals surface area (Å²) in [6.07, 6.45) is 8.22. The van der Waals surface area contributed by atoms with Crippen molar-refractivity contribution in [2.24, 2.45) is 5.92 Å². The third-order valence-corrected chi connectivity index (χ3v) is 5.72. The lowest BCUT2D eigenvalue weighted by Crippen LogP contribution is -2.47. The number of likely N-dealkylation sites (tertiary alicyclic amines) is 1. The van der Waals surface area contributed by atoms with Gasteiger partial charge in [0, 0.05) is 22.1 Å². The number of rotatable bonds is 2. The smallest absolute Gasteiger partial charge is 0.120 e. The number of phenolic OH excluding ortho intramolecular Hbond substituents is 1. The third kappa shape index (κ3) is 2.75. The number of piperidine rings is 1. The molecular formula is C17H24BrNO. The zero-order chi connectivity index (χ0) is 14.1. The lowest BCUT2D eigenvalue weighted by molar-refractivity contribution is 0.0301.